The van der Waals surface area contributed by atoms with Crippen LogP contribution in [0.25, 0.3) is 0 Å². The lowest BCUT2D eigenvalue weighted by molar-refractivity contribution is 0.0922. The first-order valence-corrected chi connectivity index (χ1v) is 10.9. The third-order valence-corrected chi connectivity index (χ3v) is 6.16. The van der Waals surface area contributed by atoms with Gasteiger partial charge in [0, 0.05) is 37.9 Å². The van der Waals surface area contributed by atoms with Crippen molar-refractivity contribution in [2.24, 2.45) is 5.92 Å². The van der Waals surface area contributed by atoms with Crippen LogP contribution < -0.4 is 21.3 Å². The molecule has 9 heteroatoms. The number of carbonyl (C=O) groups is 1. The quantitative estimate of drug-likeness (QED) is 0.652. The van der Waals surface area contributed by atoms with Crippen LogP contribution in [0.15, 0.2) is 21.7 Å². The van der Waals surface area contributed by atoms with Crippen molar-refractivity contribution in [1.82, 2.24) is 25.2 Å². The van der Waals surface area contributed by atoms with E-state index >= 15 is 0 Å². The molecule has 1 saturated heterocycles. The van der Waals surface area contributed by atoms with Gasteiger partial charge in [-0.25, -0.2) is 4.98 Å². The zero-order valence-electron chi connectivity index (χ0n) is 18.3. The number of H-pyrrole nitrogens is 2. The SMILES string of the molecule is CC(C)C(NC(=O)c1cc2c([nH]c1=O)CCC2)c1cc(=O)[nH]c(N2CCN(C)CC2)n1. The molecule has 2 aromatic heterocycles. The number of rotatable bonds is 5. The zero-order chi connectivity index (χ0) is 22.1. The molecule has 1 amide bonds. The van der Waals surface area contributed by atoms with E-state index in [1.807, 2.05) is 13.8 Å². The number of hydrogen-bond donors (Lipinski definition) is 3. The van der Waals surface area contributed by atoms with Crippen molar-refractivity contribution < 1.29 is 4.79 Å². The van der Waals surface area contributed by atoms with Crippen molar-refractivity contribution in [1.29, 1.82) is 0 Å². The number of hydrogen-bond acceptors (Lipinski definition) is 6. The number of aromatic amines is 2. The highest BCUT2D eigenvalue weighted by atomic mass is 16.2. The van der Waals surface area contributed by atoms with Gasteiger partial charge in [-0.1, -0.05) is 13.8 Å². The molecule has 31 heavy (non-hydrogen) atoms. The van der Waals surface area contributed by atoms with Gasteiger partial charge in [-0.2, -0.15) is 0 Å². The van der Waals surface area contributed by atoms with Crippen LogP contribution in [-0.4, -0.2) is 59.0 Å². The van der Waals surface area contributed by atoms with E-state index in [1.165, 1.54) is 6.07 Å². The highest BCUT2D eigenvalue weighted by molar-refractivity contribution is 5.94. The molecule has 166 valence electrons. The number of amides is 1. The molecule has 0 aromatic carbocycles. The van der Waals surface area contributed by atoms with Gasteiger partial charge in [-0.05, 0) is 43.9 Å². The predicted molar refractivity (Wildman–Crippen MR) is 119 cm³/mol. The largest absolute Gasteiger partial charge is 0.343 e. The summed E-state index contributed by atoms with van der Waals surface area (Å²) in [6.07, 6.45) is 2.69. The van der Waals surface area contributed by atoms with E-state index in [1.54, 1.807) is 6.07 Å². The fraction of sp³-hybridized carbons (Fsp3) is 0.545. The molecule has 1 aliphatic carbocycles. The minimum absolute atomic E-state index is 0.0212. The Morgan fingerprint density at radius 3 is 2.55 bits per heavy atom. The van der Waals surface area contributed by atoms with Crippen LogP contribution in [0.2, 0.25) is 0 Å². The van der Waals surface area contributed by atoms with Crippen LogP contribution in [0.4, 0.5) is 5.95 Å². The van der Waals surface area contributed by atoms with Gasteiger partial charge in [0.1, 0.15) is 5.56 Å². The maximum atomic E-state index is 13.0. The van der Waals surface area contributed by atoms with E-state index in [0.717, 1.165) is 56.7 Å². The molecule has 0 radical (unpaired) electrons. The first-order valence-electron chi connectivity index (χ1n) is 10.9. The Bertz CT molecular complexity index is 1080. The molecular formula is C22H30N6O3. The molecule has 0 bridgehead atoms. The molecule has 1 unspecified atom stereocenters. The summed E-state index contributed by atoms with van der Waals surface area (Å²) in [5, 5.41) is 2.94. The fourth-order valence-electron chi connectivity index (χ4n) is 4.27. The molecule has 3 heterocycles. The van der Waals surface area contributed by atoms with E-state index in [2.05, 4.69) is 37.1 Å². The number of aryl methyl sites for hydroxylation is 2. The second kappa shape index (κ2) is 8.66. The molecule has 1 aliphatic heterocycles. The Kier molecular flexibility index (Phi) is 5.95. The minimum Gasteiger partial charge on any atom is -0.343 e. The average molecular weight is 427 g/mol. The van der Waals surface area contributed by atoms with Crippen molar-refractivity contribution in [2.45, 2.75) is 39.2 Å². The van der Waals surface area contributed by atoms with E-state index in [0.29, 0.717) is 11.6 Å². The number of piperazine rings is 1. The summed E-state index contributed by atoms with van der Waals surface area (Å²) in [5.74, 6) is 0.0517. The second-order valence-electron chi connectivity index (χ2n) is 8.85. The van der Waals surface area contributed by atoms with Crippen LogP contribution >= 0.6 is 0 Å². The summed E-state index contributed by atoms with van der Waals surface area (Å²) < 4.78 is 0. The van der Waals surface area contributed by atoms with Gasteiger partial charge in [0.25, 0.3) is 17.0 Å². The van der Waals surface area contributed by atoms with Crippen molar-refractivity contribution in [3.05, 3.63) is 55.4 Å². The summed E-state index contributed by atoms with van der Waals surface area (Å²) in [6.45, 7) is 7.23. The third-order valence-electron chi connectivity index (χ3n) is 6.16. The smallest absolute Gasteiger partial charge is 0.261 e. The van der Waals surface area contributed by atoms with Crippen LogP contribution in [0.1, 0.15) is 53.6 Å². The van der Waals surface area contributed by atoms with Gasteiger partial charge in [-0.3, -0.25) is 19.4 Å². The van der Waals surface area contributed by atoms with E-state index < -0.39 is 11.9 Å². The Balaban J connectivity index is 1.60. The number of nitrogens with one attached hydrogen (secondary N) is 3. The van der Waals surface area contributed by atoms with Crippen LogP contribution in [0.3, 0.4) is 0 Å². The summed E-state index contributed by atoms with van der Waals surface area (Å²) in [7, 11) is 2.06. The van der Waals surface area contributed by atoms with E-state index in [4.69, 9.17) is 0 Å². The summed E-state index contributed by atoms with van der Waals surface area (Å²) in [5.41, 5.74) is 1.92. The second-order valence-corrected chi connectivity index (χ2v) is 8.85. The van der Waals surface area contributed by atoms with E-state index in [-0.39, 0.29) is 22.6 Å². The minimum atomic E-state index is -0.492. The lowest BCUT2D eigenvalue weighted by atomic mass is 10.00. The Labute approximate surface area is 180 Å². The van der Waals surface area contributed by atoms with Crippen LogP contribution in [-0.2, 0) is 12.8 Å². The average Bonchev–Trinajstić information content (AvgIpc) is 3.18. The van der Waals surface area contributed by atoms with Gasteiger partial charge in [0.15, 0.2) is 0 Å². The van der Waals surface area contributed by atoms with E-state index in [9.17, 15) is 14.4 Å². The number of aromatic nitrogens is 3. The van der Waals surface area contributed by atoms with Crippen molar-refractivity contribution >= 4 is 11.9 Å². The molecule has 9 nitrogen and oxygen atoms in total. The third kappa shape index (κ3) is 4.56. The van der Waals surface area contributed by atoms with Gasteiger partial charge in [0.05, 0.1) is 11.7 Å². The molecule has 1 fully saturated rings. The monoisotopic (exact) mass is 426 g/mol. The highest BCUT2D eigenvalue weighted by Crippen LogP contribution is 2.22. The number of fused-ring (bicyclic) bond motifs is 1. The molecule has 0 spiro atoms. The normalized spacial score (nSPS) is 17.6. The topological polar surface area (TPSA) is 114 Å². The maximum absolute atomic E-state index is 13.0. The van der Waals surface area contributed by atoms with Crippen LogP contribution in [0.5, 0.6) is 0 Å². The first kappa shape index (κ1) is 21.3. The molecule has 2 aromatic rings. The molecular weight excluding hydrogens is 396 g/mol. The van der Waals surface area contributed by atoms with Gasteiger partial charge < -0.3 is 20.1 Å². The van der Waals surface area contributed by atoms with Crippen molar-refractivity contribution in [3.63, 3.8) is 0 Å². The zero-order valence-corrected chi connectivity index (χ0v) is 18.3. The Hall–Kier alpha value is -2.94. The molecule has 2 aliphatic rings. The molecule has 1 atom stereocenters. The number of anilines is 1. The molecule has 3 N–H and O–H groups in total. The summed E-state index contributed by atoms with van der Waals surface area (Å²) in [6, 6.07) is 2.64. The highest BCUT2D eigenvalue weighted by Gasteiger charge is 2.25. The summed E-state index contributed by atoms with van der Waals surface area (Å²) >= 11 is 0. The number of pyridine rings is 1. The number of likely N-dealkylation sites (N-methyl/N-ethyl adjacent to an activating group) is 1. The standard InChI is InChI=1S/C22H30N6O3/c1-13(2)19(26-21(31)15-11-14-5-4-6-16(14)23-20(15)30)17-12-18(29)25-22(24-17)28-9-7-27(3)8-10-28/h11-13,19H,4-10H2,1-3H3,(H,23,30)(H,26,31)(H,24,25,29). The maximum Gasteiger partial charge on any atom is 0.261 e. The predicted octanol–water partition coefficient (Wildman–Crippen LogP) is 0.826. The van der Waals surface area contributed by atoms with Gasteiger partial charge in [0.2, 0.25) is 5.95 Å². The lowest BCUT2D eigenvalue weighted by Crippen LogP contribution is -2.46. The van der Waals surface area contributed by atoms with Crippen molar-refractivity contribution in [2.75, 3.05) is 38.1 Å². The fourth-order valence-corrected chi connectivity index (χ4v) is 4.27. The first-order chi connectivity index (χ1) is 14.8. The van der Waals surface area contributed by atoms with Gasteiger partial charge in [-0.15, -0.1) is 0 Å². The lowest BCUT2D eigenvalue weighted by Gasteiger charge is -2.33. The Morgan fingerprint density at radius 1 is 1.10 bits per heavy atom. The van der Waals surface area contributed by atoms with Crippen LogP contribution in [0, 0.1) is 5.92 Å². The number of carbonyl (C=O) groups excluding carboxylic acids is 1. The molecule has 0 saturated carbocycles. The Morgan fingerprint density at radius 2 is 1.84 bits per heavy atom. The molecule has 4 rings (SSSR count). The summed E-state index contributed by atoms with van der Waals surface area (Å²) in [4.78, 5) is 52.5. The van der Waals surface area contributed by atoms with Crippen molar-refractivity contribution in [3.8, 4) is 0 Å². The number of nitrogens with zero attached hydrogens (tertiary/aromatic N) is 3. The van der Waals surface area contributed by atoms with Gasteiger partial charge >= 0.3 is 0 Å².